The summed E-state index contributed by atoms with van der Waals surface area (Å²) >= 11 is 0. The SMILES string of the molecule is CC(C)(C)c1ccc(C(=O)C(CCS(=O)(=O)c2ccccc2)CC(F)(F)C(F)(F)C(F)(F)C(F)(F)F)cc1. The molecule has 1 unspecified atom stereocenters. The van der Waals surface area contributed by atoms with Gasteiger partial charge in [-0.2, -0.15) is 39.5 Å². The summed E-state index contributed by atoms with van der Waals surface area (Å²) in [5, 5.41) is 0. The van der Waals surface area contributed by atoms with E-state index >= 15 is 0 Å². The largest absolute Gasteiger partial charge is 0.460 e. The molecule has 2 rings (SSSR count). The van der Waals surface area contributed by atoms with E-state index in [0.717, 1.165) is 24.3 Å². The molecule has 0 N–H and O–H groups in total. The summed E-state index contributed by atoms with van der Waals surface area (Å²) in [4.78, 5) is 12.7. The summed E-state index contributed by atoms with van der Waals surface area (Å²) in [5.74, 6) is -24.8. The molecule has 13 heteroatoms. The standard InChI is InChI=1S/C25H25F9O3S/c1-21(2,3)18-11-9-16(10-12-18)20(35)17(13-14-38(36,37)19-7-5-4-6-8-19)15-22(26,27)23(28,29)24(30,31)25(32,33)34/h4-12,17H,13-15H2,1-3H3. The molecule has 0 aromatic heterocycles. The van der Waals surface area contributed by atoms with Crippen LogP contribution in [0.5, 0.6) is 0 Å². The fourth-order valence-electron chi connectivity index (χ4n) is 3.58. The van der Waals surface area contributed by atoms with Crippen LogP contribution in [0.2, 0.25) is 0 Å². The lowest BCUT2D eigenvalue weighted by Gasteiger charge is -2.35. The third kappa shape index (κ3) is 6.52. The minimum absolute atomic E-state index is 0.290. The summed E-state index contributed by atoms with van der Waals surface area (Å²) in [6, 6.07) is 11.6. The summed E-state index contributed by atoms with van der Waals surface area (Å²) < 4.78 is 146. The minimum Gasteiger partial charge on any atom is -0.294 e. The molecule has 0 aliphatic carbocycles. The number of ketones is 1. The number of sulfone groups is 1. The first-order chi connectivity index (χ1) is 17.0. The fourth-order valence-corrected chi connectivity index (χ4v) is 4.99. The van der Waals surface area contributed by atoms with Gasteiger partial charge in [0.2, 0.25) is 0 Å². The third-order valence-corrected chi connectivity index (χ3v) is 7.72. The zero-order chi connectivity index (χ0) is 29.4. The van der Waals surface area contributed by atoms with Crippen LogP contribution < -0.4 is 0 Å². The zero-order valence-electron chi connectivity index (χ0n) is 20.4. The average Bonchev–Trinajstić information content (AvgIpc) is 2.80. The average molecular weight is 577 g/mol. The molecule has 0 amide bonds. The molecule has 0 fully saturated rings. The molecule has 2 aromatic rings. The number of rotatable bonds is 10. The van der Waals surface area contributed by atoms with Gasteiger partial charge < -0.3 is 0 Å². The van der Waals surface area contributed by atoms with Crippen LogP contribution in [0, 0.1) is 5.92 Å². The molecule has 0 aliphatic heterocycles. The third-order valence-electron chi connectivity index (χ3n) is 5.96. The van der Waals surface area contributed by atoms with E-state index in [4.69, 9.17) is 0 Å². The van der Waals surface area contributed by atoms with Crippen LogP contribution in [0.25, 0.3) is 0 Å². The van der Waals surface area contributed by atoms with Gasteiger partial charge in [0.15, 0.2) is 15.6 Å². The van der Waals surface area contributed by atoms with E-state index < -0.39 is 69.5 Å². The Morgan fingerprint density at radius 3 is 1.71 bits per heavy atom. The van der Waals surface area contributed by atoms with E-state index in [-0.39, 0.29) is 10.5 Å². The summed E-state index contributed by atoms with van der Waals surface area (Å²) in [7, 11) is -4.25. The highest BCUT2D eigenvalue weighted by Crippen LogP contribution is 2.55. The molecule has 0 bridgehead atoms. The number of hydrogen-bond acceptors (Lipinski definition) is 3. The summed E-state index contributed by atoms with van der Waals surface area (Å²) in [6.07, 6.45) is -10.5. The van der Waals surface area contributed by atoms with Crippen molar-refractivity contribution in [2.75, 3.05) is 5.75 Å². The predicted molar refractivity (Wildman–Crippen MR) is 122 cm³/mol. The molecule has 212 valence electrons. The highest BCUT2D eigenvalue weighted by Gasteiger charge is 2.81. The van der Waals surface area contributed by atoms with Gasteiger partial charge in [-0.25, -0.2) is 8.42 Å². The Kier molecular flexibility index (Phi) is 8.78. The van der Waals surface area contributed by atoms with Crippen molar-refractivity contribution in [2.24, 2.45) is 5.92 Å². The highest BCUT2D eigenvalue weighted by atomic mass is 32.2. The van der Waals surface area contributed by atoms with Gasteiger partial charge in [0.1, 0.15) is 0 Å². The van der Waals surface area contributed by atoms with E-state index in [1.807, 2.05) is 20.8 Å². The first kappa shape index (κ1) is 31.6. The molecular formula is C25H25F9O3S. The lowest BCUT2D eigenvalue weighted by molar-refractivity contribution is -0.397. The maximum Gasteiger partial charge on any atom is 0.460 e. The number of hydrogen-bond donors (Lipinski definition) is 0. The van der Waals surface area contributed by atoms with Crippen molar-refractivity contribution in [1.82, 2.24) is 0 Å². The molecule has 1 atom stereocenters. The van der Waals surface area contributed by atoms with Crippen molar-refractivity contribution < 1.29 is 52.7 Å². The Balaban J connectivity index is 2.47. The van der Waals surface area contributed by atoms with Crippen LogP contribution in [0.15, 0.2) is 59.5 Å². The summed E-state index contributed by atoms with van der Waals surface area (Å²) in [6.45, 7) is 5.43. The molecule has 3 nitrogen and oxygen atoms in total. The second kappa shape index (κ2) is 10.5. The number of alkyl halides is 9. The van der Waals surface area contributed by atoms with Crippen molar-refractivity contribution in [3.8, 4) is 0 Å². The lowest BCUT2D eigenvalue weighted by Crippen LogP contribution is -2.61. The topological polar surface area (TPSA) is 51.2 Å². The Morgan fingerprint density at radius 1 is 0.763 bits per heavy atom. The maximum atomic E-state index is 14.5. The van der Waals surface area contributed by atoms with Crippen molar-refractivity contribution in [3.63, 3.8) is 0 Å². The minimum atomic E-state index is -7.12. The summed E-state index contributed by atoms with van der Waals surface area (Å²) in [5.41, 5.74) is -0.0658. The second-order valence-electron chi connectivity index (χ2n) is 9.86. The quantitative estimate of drug-likeness (QED) is 0.217. The Morgan fingerprint density at radius 2 is 1.26 bits per heavy atom. The van der Waals surface area contributed by atoms with Gasteiger partial charge in [-0.05, 0) is 29.5 Å². The zero-order valence-corrected chi connectivity index (χ0v) is 21.2. The van der Waals surface area contributed by atoms with Crippen LogP contribution in [0.3, 0.4) is 0 Å². The molecule has 0 aliphatic rings. The molecule has 0 saturated carbocycles. The van der Waals surface area contributed by atoms with E-state index in [2.05, 4.69) is 0 Å². The van der Waals surface area contributed by atoms with Crippen molar-refractivity contribution >= 4 is 15.6 Å². The molecule has 0 spiro atoms. The Labute approximate surface area is 214 Å². The first-order valence-electron chi connectivity index (χ1n) is 11.2. The van der Waals surface area contributed by atoms with Gasteiger partial charge in [0.25, 0.3) is 0 Å². The van der Waals surface area contributed by atoms with E-state index in [1.165, 1.54) is 30.3 Å². The Hall–Kier alpha value is -2.57. The molecule has 0 heterocycles. The first-order valence-corrected chi connectivity index (χ1v) is 12.8. The molecule has 38 heavy (non-hydrogen) atoms. The molecule has 0 radical (unpaired) electrons. The Bertz CT molecular complexity index is 1220. The van der Waals surface area contributed by atoms with Gasteiger partial charge in [-0.1, -0.05) is 63.2 Å². The van der Waals surface area contributed by atoms with E-state index in [9.17, 15) is 52.7 Å². The van der Waals surface area contributed by atoms with Crippen molar-refractivity contribution in [1.29, 1.82) is 0 Å². The monoisotopic (exact) mass is 576 g/mol. The predicted octanol–water partition coefficient (Wildman–Crippen LogP) is 7.51. The van der Waals surface area contributed by atoms with E-state index in [0.29, 0.717) is 5.56 Å². The van der Waals surface area contributed by atoms with Crippen LogP contribution in [0.1, 0.15) is 49.5 Å². The van der Waals surface area contributed by atoms with E-state index in [1.54, 1.807) is 0 Å². The normalized spacial score (nSPS) is 14.8. The molecule has 0 saturated heterocycles. The number of benzene rings is 2. The second-order valence-corrected chi connectivity index (χ2v) is 12.0. The van der Waals surface area contributed by atoms with Crippen LogP contribution in [0.4, 0.5) is 39.5 Å². The van der Waals surface area contributed by atoms with Crippen molar-refractivity contribution in [2.45, 2.75) is 67.9 Å². The van der Waals surface area contributed by atoms with Crippen molar-refractivity contribution in [3.05, 3.63) is 65.7 Å². The van der Waals surface area contributed by atoms with Gasteiger partial charge in [-0.3, -0.25) is 4.79 Å². The number of halogens is 9. The van der Waals surface area contributed by atoms with Gasteiger partial charge in [-0.15, -0.1) is 0 Å². The van der Waals surface area contributed by atoms with Gasteiger partial charge >= 0.3 is 23.9 Å². The van der Waals surface area contributed by atoms with Crippen LogP contribution in [-0.2, 0) is 15.3 Å². The van der Waals surface area contributed by atoms with Crippen LogP contribution >= 0.6 is 0 Å². The number of Topliss-reactive ketones (excluding diaryl/α,β-unsaturated/α-hetero) is 1. The van der Waals surface area contributed by atoms with Gasteiger partial charge in [0.05, 0.1) is 10.6 Å². The fraction of sp³-hybridized carbons (Fsp3) is 0.480. The highest BCUT2D eigenvalue weighted by molar-refractivity contribution is 7.91. The number of carbonyl (C=O) groups is 1. The number of carbonyl (C=O) groups excluding carboxylic acids is 1. The maximum absolute atomic E-state index is 14.5. The smallest absolute Gasteiger partial charge is 0.294 e. The molecular weight excluding hydrogens is 551 g/mol. The van der Waals surface area contributed by atoms with Gasteiger partial charge in [0, 0.05) is 17.9 Å². The lowest BCUT2D eigenvalue weighted by atomic mass is 9.84. The van der Waals surface area contributed by atoms with Crippen LogP contribution in [-0.4, -0.2) is 43.9 Å². The molecule has 2 aromatic carbocycles.